The second-order valence-corrected chi connectivity index (χ2v) is 9.90. The van der Waals surface area contributed by atoms with Crippen LogP contribution in [0.2, 0.25) is 13.6 Å². The Morgan fingerprint density at radius 1 is 1.16 bits per heavy atom. The number of benzene rings is 1. The summed E-state index contributed by atoms with van der Waals surface area (Å²) in [6, 6.07) is 7.95. The van der Waals surface area contributed by atoms with Gasteiger partial charge in [-0.3, -0.25) is 9.78 Å². The second-order valence-electron chi connectivity index (χ2n) is 9.90. The molecule has 1 saturated carbocycles. The van der Waals surface area contributed by atoms with E-state index in [9.17, 15) is 18.5 Å². The van der Waals surface area contributed by atoms with E-state index in [4.69, 9.17) is 5.73 Å². The van der Waals surface area contributed by atoms with Crippen LogP contribution in [-0.2, 0) is 0 Å². The van der Waals surface area contributed by atoms with Gasteiger partial charge < -0.3 is 11.1 Å². The number of amides is 1. The summed E-state index contributed by atoms with van der Waals surface area (Å²) in [6.45, 7) is 5.69. The Bertz CT molecular complexity index is 1310. The van der Waals surface area contributed by atoms with Crippen molar-refractivity contribution in [2.45, 2.75) is 57.8 Å². The molecule has 4 atom stereocenters. The number of nitrogens with zero attached hydrogens (tertiary/aromatic N) is 3. The molecule has 1 aliphatic rings. The first-order valence-corrected chi connectivity index (χ1v) is 12.5. The number of carbonyl (C=O) groups is 1. The van der Waals surface area contributed by atoms with Crippen molar-refractivity contribution < 1.29 is 13.6 Å². The normalized spacial score (nSPS) is 21.4. The lowest BCUT2D eigenvalue weighted by Gasteiger charge is -2.37. The number of rotatable bonds is 7. The van der Waals surface area contributed by atoms with E-state index in [1.54, 1.807) is 24.5 Å². The van der Waals surface area contributed by atoms with Crippen molar-refractivity contribution in [3.05, 3.63) is 76.6 Å². The van der Waals surface area contributed by atoms with Gasteiger partial charge in [-0.05, 0) is 54.5 Å². The zero-order valence-corrected chi connectivity index (χ0v) is 21.1. The molecule has 3 aromatic rings. The van der Waals surface area contributed by atoms with Crippen LogP contribution < -0.4 is 16.5 Å². The van der Waals surface area contributed by atoms with E-state index in [2.05, 4.69) is 20.5 Å². The Balaban J connectivity index is 1.65. The highest BCUT2D eigenvalue weighted by Gasteiger charge is 2.37. The van der Waals surface area contributed by atoms with Crippen molar-refractivity contribution in [2.75, 3.05) is 5.32 Å². The van der Waals surface area contributed by atoms with E-state index in [0.717, 1.165) is 18.1 Å². The van der Waals surface area contributed by atoms with E-state index in [1.165, 1.54) is 12.1 Å². The number of halogens is 2. The van der Waals surface area contributed by atoms with Crippen LogP contribution in [0.1, 0.15) is 48.2 Å². The minimum Gasteiger partial charge on any atom is -0.326 e. The summed E-state index contributed by atoms with van der Waals surface area (Å²) < 4.78 is 29.6. The van der Waals surface area contributed by atoms with Gasteiger partial charge in [0, 0.05) is 17.8 Å². The highest BCUT2D eigenvalue weighted by molar-refractivity contribution is 6.72. The maximum absolute atomic E-state index is 14.8. The second kappa shape index (κ2) is 11.3. The number of nitroso groups, excluding NO2 is 1. The molecule has 0 spiro atoms. The largest absolute Gasteiger partial charge is 0.326 e. The smallest absolute Gasteiger partial charge is 0.274 e. The summed E-state index contributed by atoms with van der Waals surface area (Å²) >= 11 is 0. The molecule has 0 aliphatic heterocycles. The Morgan fingerprint density at radius 3 is 2.65 bits per heavy atom. The number of nitrogens with one attached hydrogen (secondary N) is 1. The molecule has 1 aliphatic carbocycles. The highest BCUT2D eigenvalue weighted by Crippen LogP contribution is 2.41. The van der Waals surface area contributed by atoms with Crippen molar-refractivity contribution in [1.82, 2.24) is 9.97 Å². The maximum Gasteiger partial charge on any atom is 0.274 e. The van der Waals surface area contributed by atoms with Crippen molar-refractivity contribution in [3.8, 4) is 11.3 Å². The van der Waals surface area contributed by atoms with Gasteiger partial charge >= 0.3 is 0 Å². The van der Waals surface area contributed by atoms with Crippen LogP contribution in [0, 0.1) is 22.5 Å². The molecule has 1 amide bonds. The molecule has 7 nitrogen and oxygen atoms in total. The third-order valence-electron chi connectivity index (χ3n) is 7.24. The minimum atomic E-state index is -0.717. The van der Waals surface area contributed by atoms with Gasteiger partial charge in [-0.2, -0.15) is 4.91 Å². The van der Waals surface area contributed by atoms with Crippen LogP contribution >= 0.6 is 0 Å². The van der Waals surface area contributed by atoms with E-state index in [1.807, 2.05) is 26.6 Å². The number of pyridine rings is 2. The van der Waals surface area contributed by atoms with Crippen molar-refractivity contribution in [3.63, 3.8) is 0 Å². The summed E-state index contributed by atoms with van der Waals surface area (Å²) in [5, 5.41) is 6.10. The lowest BCUT2D eigenvalue weighted by Crippen LogP contribution is -2.44. The summed E-state index contributed by atoms with van der Waals surface area (Å²) in [6.07, 6.45) is 5.20. The third kappa shape index (κ3) is 5.44. The average molecular weight is 505 g/mol. The Hall–Kier alpha value is -3.53. The number of carbonyl (C=O) groups excluding carboxylic acids is 1. The molecule has 0 saturated heterocycles. The van der Waals surface area contributed by atoms with Gasteiger partial charge in [0.05, 0.1) is 11.9 Å². The lowest BCUT2D eigenvalue weighted by atomic mass is 9.48. The van der Waals surface area contributed by atoms with Gasteiger partial charge in [-0.1, -0.05) is 49.8 Å². The van der Waals surface area contributed by atoms with Crippen molar-refractivity contribution in [2.24, 2.45) is 16.8 Å². The number of hydrogen-bond donors (Lipinski definition) is 2. The molecule has 0 radical (unpaired) electrons. The fourth-order valence-electron chi connectivity index (χ4n) is 5.31. The summed E-state index contributed by atoms with van der Waals surface area (Å²) in [4.78, 5) is 32.9. The molecule has 10 heteroatoms. The Labute approximate surface area is 215 Å². The molecule has 4 rings (SSSR count). The average Bonchev–Trinajstić information content (AvgIpc) is 2.88. The lowest BCUT2D eigenvalue weighted by molar-refractivity contribution is 0.102. The first-order chi connectivity index (χ1) is 17.7. The van der Waals surface area contributed by atoms with Crippen LogP contribution in [0.15, 0.2) is 54.0 Å². The SMILES string of the molecule is CCC1CC(c2ccncc2NC(=O)c2ccc(F)c(-c3c(F)cccc3B(C)C)n2)CC(N)C1N=O. The highest BCUT2D eigenvalue weighted by atomic mass is 19.1. The number of hydrogen-bond acceptors (Lipinski definition) is 6. The zero-order valence-electron chi connectivity index (χ0n) is 21.1. The maximum atomic E-state index is 14.8. The van der Waals surface area contributed by atoms with Gasteiger partial charge in [0.1, 0.15) is 29.1 Å². The van der Waals surface area contributed by atoms with E-state index >= 15 is 0 Å². The summed E-state index contributed by atoms with van der Waals surface area (Å²) in [5.41, 5.74) is 8.00. The van der Waals surface area contributed by atoms with Gasteiger partial charge in [0.25, 0.3) is 5.91 Å². The number of nitrogens with two attached hydrogens (primary N) is 1. The molecule has 3 N–H and O–H groups in total. The molecule has 1 aromatic carbocycles. The zero-order chi connectivity index (χ0) is 26.7. The van der Waals surface area contributed by atoms with Crippen LogP contribution in [0.4, 0.5) is 14.5 Å². The van der Waals surface area contributed by atoms with Crippen LogP contribution in [-0.4, -0.2) is 34.7 Å². The molecule has 37 heavy (non-hydrogen) atoms. The predicted octanol–water partition coefficient (Wildman–Crippen LogP) is 5.00. The fraction of sp³-hybridized carbons (Fsp3) is 0.370. The van der Waals surface area contributed by atoms with Gasteiger partial charge in [0.15, 0.2) is 6.71 Å². The fourth-order valence-corrected chi connectivity index (χ4v) is 5.31. The molecule has 1 fully saturated rings. The Morgan fingerprint density at radius 2 is 1.95 bits per heavy atom. The van der Waals surface area contributed by atoms with E-state index < -0.39 is 23.6 Å². The van der Waals surface area contributed by atoms with E-state index in [0.29, 0.717) is 24.0 Å². The first kappa shape index (κ1) is 26.5. The van der Waals surface area contributed by atoms with Crippen molar-refractivity contribution in [1.29, 1.82) is 0 Å². The molecule has 0 bridgehead atoms. The Kier molecular flexibility index (Phi) is 8.07. The standard InChI is InChI=1S/C27H30BF2N5O2/c1-4-15-12-16(13-21(31)25(15)35-37)17-10-11-32-14-23(17)34-27(36)22-9-8-20(30)26(33-22)24-18(28(2)3)6-5-7-19(24)29/h5-11,14-16,21,25H,4,12-13,31H2,1-3H3,(H,34,36). The molecule has 4 unspecified atom stereocenters. The number of aromatic nitrogens is 2. The quantitative estimate of drug-likeness (QED) is 0.347. The molecule has 2 aromatic heterocycles. The monoisotopic (exact) mass is 505 g/mol. The van der Waals surface area contributed by atoms with Gasteiger partial charge in [-0.25, -0.2) is 13.8 Å². The van der Waals surface area contributed by atoms with Gasteiger partial charge in [-0.15, -0.1) is 0 Å². The molecule has 192 valence electrons. The van der Waals surface area contributed by atoms with Crippen LogP contribution in [0.3, 0.4) is 0 Å². The van der Waals surface area contributed by atoms with E-state index in [-0.39, 0.29) is 41.5 Å². The minimum absolute atomic E-state index is 0.00000239. The first-order valence-electron chi connectivity index (χ1n) is 12.5. The summed E-state index contributed by atoms with van der Waals surface area (Å²) in [5.74, 6) is -1.85. The third-order valence-corrected chi connectivity index (χ3v) is 7.24. The van der Waals surface area contributed by atoms with Crippen LogP contribution in [0.5, 0.6) is 0 Å². The topological polar surface area (TPSA) is 110 Å². The van der Waals surface area contributed by atoms with Crippen LogP contribution in [0.25, 0.3) is 11.3 Å². The predicted molar refractivity (Wildman–Crippen MR) is 142 cm³/mol. The number of anilines is 1. The molecular formula is C27H30BF2N5O2. The van der Waals surface area contributed by atoms with Crippen molar-refractivity contribution >= 4 is 23.8 Å². The molecule has 2 heterocycles. The van der Waals surface area contributed by atoms with Gasteiger partial charge in [0.2, 0.25) is 0 Å². The summed E-state index contributed by atoms with van der Waals surface area (Å²) in [7, 11) is 0. The molecular weight excluding hydrogens is 475 g/mol.